The van der Waals surface area contributed by atoms with E-state index in [0.717, 1.165) is 12.1 Å². The van der Waals surface area contributed by atoms with Crippen molar-refractivity contribution in [3.8, 4) is 11.5 Å². The molecule has 4 rings (SSSR count). The van der Waals surface area contributed by atoms with Crippen molar-refractivity contribution >= 4 is 27.7 Å². The van der Waals surface area contributed by atoms with Crippen molar-refractivity contribution in [3.63, 3.8) is 0 Å². The van der Waals surface area contributed by atoms with Crippen molar-refractivity contribution in [3.05, 3.63) is 64.0 Å². The number of nitro groups is 1. The molecular weight excluding hydrogens is 445 g/mol. The van der Waals surface area contributed by atoms with Gasteiger partial charge in [0.05, 0.1) is 21.4 Å². The van der Waals surface area contributed by atoms with E-state index in [2.05, 4.69) is 0 Å². The number of carbonyl (C=O) groups is 1. The van der Waals surface area contributed by atoms with Crippen LogP contribution in [-0.2, 0) is 14.8 Å². The van der Waals surface area contributed by atoms with Gasteiger partial charge in [0.2, 0.25) is 22.7 Å². The number of benzene rings is 2. The second kappa shape index (κ2) is 8.55. The Kier molecular flexibility index (Phi) is 5.80. The van der Waals surface area contributed by atoms with E-state index in [4.69, 9.17) is 9.47 Å². The number of ether oxygens (including phenoxy) is 2. The smallest absolute Gasteiger partial charge is 0.280 e. The molecule has 2 aromatic carbocycles. The largest absolute Gasteiger partial charge is 0.454 e. The molecule has 2 aromatic rings. The lowest BCUT2D eigenvalue weighted by Crippen LogP contribution is -2.50. The Morgan fingerprint density at radius 3 is 2.31 bits per heavy atom. The number of nitro benzene ring substituents is 1. The van der Waals surface area contributed by atoms with E-state index in [1.807, 2.05) is 0 Å². The van der Waals surface area contributed by atoms with Crippen LogP contribution in [-0.4, -0.2) is 61.4 Å². The standard InChI is InChI=1S/C20H18FN3O7S/c21-15-2-4-16(5-3-15)32(28,29)23-9-7-22(8-10-23)20(25)6-1-14-11-18-19(31-13-30-18)12-17(14)24(26)27/h1-6,11-12H,7-10,13H2. The molecule has 0 aliphatic carbocycles. The van der Waals surface area contributed by atoms with E-state index in [1.54, 1.807) is 0 Å². The second-order valence-corrected chi connectivity index (χ2v) is 8.98. The molecule has 32 heavy (non-hydrogen) atoms. The van der Waals surface area contributed by atoms with Gasteiger partial charge in [-0.15, -0.1) is 0 Å². The molecule has 0 N–H and O–H groups in total. The third kappa shape index (κ3) is 4.27. The maximum Gasteiger partial charge on any atom is 0.280 e. The number of piperazine rings is 1. The van der Waals surface area contributed by atoms with Crippen molar-refractivity contribution in [1.29, 1.82) is 0 Å². The van der Waals surface area contributed by atoms with E-state index in [9.17, 15) is 27.7 Å². The van der Waals surface area contributed by atoms with Crippen LogP contribution in [0, 0.1) is 15.9 Å². The number of rotatable bonds is 5. The number of hydrogen-bond acceptors (Lipinski definition) is 7. The lowest BCUT2D eigenvalue weighted by atomic mass is 10.1. The first kappa shape index (κ1) is 21.7. The number of sulfonamides is 1. The summed E-state index contributed by atoms with van der Waals surface area (Å²) in [4.78, 5) is 24.7. The number of amides is 1. The van der Waals surface area contributed by atoms with Crippen molar-refractivity contribution in [1.82, 2.24) is 9.21 Å². The number of hydrogen-bond donors (Lipinski definition) is 0. The monoisotopic (exact) mass is 463 g/mol. The molecule has 0 bridgehead atoms. The summed E-state index contributed by atoms with van der Waals surface area (Å²) in [7, 11) is -3.79. The molecule has 0 spiro atoms. The van der Waals surface area contributed by atoms with Crippen molar-refractivity contribution in [2.45, 2.75) is 4.90 Å². The van der Waals surface area contributed by atoms with E-state index in [0.29, 0.717) is 5.75 Å². The summed E-state index contributed by atoms with van der Waals surface area (Å²) in [5.74, 6) is -0.328. The molecule has 0 aromatic heterocycles. The zero-order chi connectivity index (χ0) is 22.9. The Bertz CT molecular complexity index is 1190. The van der Waals surface area contributed by atoms with Crippen LogP contribution in [0.2, 0.25) is 0 Å². The molecule has 168 valence electrons. The fourth-order valence-corrected chi connectivity index (χ4v) is 4.83. The lowest BCUT2D eigenvalue weighted by molar-refractivity contribution is -0.385. The fourth-order valence-electron chi connectivity index (χ4n) is 3.41. The molecule has 0 saturated carbocycles. The number of fused-ring (bicyclic) bond motifs is 1. The molecule has 0 unspecified atom stereocenters. The van der Waals surface area contributed by atoms with Gasteiger partial charge < -0.3 is 14.4 Å². The van der Waals surface area contributed by atoms with Gasteiger partial charge >= 0.3 is 0 Å². The van der Waals surface area contributed by atoms with E-state index in [1.165, 1.54) is 45.6 Å². The van der Waals surface area contributed by atoms with Crippen LogP contribution in [0.25, 0.3) is 6.08 Å². The maximum absolute atomic E-state index is 13.1. The summed E-state index contributed by atoms with van der Waals surface area (Å²) in [6, 6.07) is 7.22. The van der Waals surface area contributed by atoms with Gasteiger partial charge in [-0.05, 0) is 36.4 Å². The van der Waals surface area contributed by atoms with Gasteiger partial charge in [0, 0.05) is 32.3 Å². The number of halogens is 1. The highest BCUT2D eigenvalue weighted by atomic mass is 32.2. The quantitative estimate of drug-likeness (QED) is 0.378. The minimum Gasteiger partial charge on any atom is -0.454 e. The third-order valence-electron chi connectivity index (χ3n) is 5.13. The maximum atomic E-state index is 13.1. The first-order valence-corrected chi connectivity index (χ1v) is 11.0. The normalized spacial score (nSPS) is 16.5. The van der Waals surface area contributed by atoms with Crippen LogP contribution in [0.5, 0.6) is 11.5 Å². The summed E-state index contributed by atoms with van der Waals surface area (Å²) in [5.41, 5.74) is -0.0429. The number of nitrogens with zero attached hydrogens (tertiary/aromatic N) is 3. The van der Waals surface area contributed by atoms with Crippen molar-refractivity contribution < 1.29 is 32.0 Å². The third-order valence-corrected chi connectivity index (χ3v) is 7.04. The van der Waals surface area contributed by atoms with Gasteiger partial charge in [-0.25, -0.2) is 12.8 Å². The molecular formula is C20H18FN3O7S. The van der Waals surface area contributed by atoms with Gasteiger partial charge in [-0.1, -0.05) is 0 Å². The first-order valence-electron chi connectivity index (χ1n) is 9.56. The molecule has 1 fully saturated rings. The van der Waals surface area contributed by atoms with Crippen molar-refractivity contribution in [2.24, 2.45) is 0 Å². The topological polar surface area (TPSA) is 119 Å². The van der Waals surface area contributed by atoms with Crippen LogP contribution < -0.4 is 9.47 Å². The van der Waals surface area contributed by atoms with Gasteiger partial charge in [0.15, 0.2) is 11.5 Å². The highest BCUT2D eigenvalue weighted by molar-refractivity contribution is 7.89. The number of carbonyl (C=O) groups excluding carboxylic acids is 1. The summed E-state index contributed by atoms with van der Waals surface area (Å²) in [6.07, 6.45) is 2.53. The summed E-state index contributed by atoms with van der Waals surface area (Å²) in [5, 5.41) is 11.3. The zero-order valence-electron chi connectivity index (χ0n) is 16.6. The van der Waals surface area contributed by atoms with E-state index >= 15 is 0 Å². The van der Waals surface area contributed by atoms with Gasteiger partial charge in [-0.3, -0.25) is 14.9 Å². The molecule has 12 heteroatoms. The highest BCUT2D eigenvalue weighted by Crippen LogP contribution is 2.38. The van der Waals surface area contributed by atoms with Crippen LogP contribution >= 0.6 is 0 Å². The molecule has 1 saturated heterocycles. The molecule has 10 nitrogen and oxygen atoms in total. The van der Waals surface area contributed by atoms with Crippen LogP contribution in [0.1, 0.15) is 5.56 Å². The van der Waals surface area contributed by atoms with Gasteiger partial charge in [0.25, 0.3) is 5.69 Å². The predicted octanol–water partition coefficient (Wildman–Crippen LogP) is 2.01. The minimum absolute atomic E-state index is 0.0197. The highest BCUT2D eigenvalue weighted by Gasteiger charge is 2.30. The van der Waals surface area contributed by atoms with Crippen LogP contribution in [0.3, 0.4) is 0 Å². The zero-order valence-corrected chi connectivity index (χ0v) is 17.5. The Morgan fingerprint density at radius 1 is 1.06 bits per heavy atom. The summed E-state index contributed by atoms with van der Waals surface area (Å²) in [6.45, 7) is 0.399. The van der Waals surface area contributed by atoms with Crippen LogP contribution in [0.15, 0.2) is 47.4 Å². The van der Waals surface area contributed by atoms with Crippen molar-refractivity contribution in [2.75, 3.05) is 33.0 Å². The summed E-state index contributed by atoms with van der Waals surface area (Å²) >= 11 is 0. The Hall–Kier alpha value is -3.51. The molecule has 2 aliphatic rings. The Balaban J connectivity index is 1.43. The molecule has 1 amide bonds. The van der Waals surface area contributed by atoms with Gasteiger partial charge in [-0.2, -0.15) is 4.31 Å². The van der Waals surface area contributed by atoms with Gasteiger partial charge in [0.1, 0.15) is 5.82 Å². The first-order chi connectivity index (χ1) is 15.3. The fraction of sp³-hybridized carbons (Fsp3) is 0.250. The second-order valence-electron chi connectivity index (χ2n) is 7.04. The molecule has 2 aliphatic heterocycles. The lowest BCUT2D eigenvalue weighted by Gasteiger charge is -2.33. The summed E-state index contributed by atoms with van der Waals surface area (Å²) < 4.78 is 50.0. The Labute approximate surface area is 182 Å². The average Bonchev–Trinajstić information content (AvgIpc) is 3.24. The SMILES string of the molecule is O=C(C=Cc1cc2c(cc1[N+](=O)[O-])OCO2)N1CCN(S(=O)(=O)c2ccc(F)cc2)CC1. The van der Waals surface area contributed by atoms with E-state index in [-0.39, 0.29) is 54.9 Å². The molecule has 0 radical (unpaired) electrons. The van der Waals surface area contributed by atoms with Crippen LogP contribution in [0.4, 0.5) is 10.1 Å². The Morgan fingerprint density at radius 2 is 1.69 bits per heavy atom. The molecule has 2 heterocycles. The minimum atomic E-state index is -3.79. The van der Waals surface area contributed by atoms with E-state index < -0.39 is 26.7 Å². The average molecular weight is 463 g/mol. The predicted molar refractivity (Wildman–Crippen MR) is 110 cm³/mol. The molecule has 0 atom stereocenters.